The van der Waals surface area contributed by atoms with Gasteiger partial charge in [-0.1, -0.05) is 0 Å². The van der Waals surface area contributed by atoms with Crippen molar-refractivity contribution >= 4 is 17.3 Å². The summed E-state index contributed by atoms with van der Waals surface area (Å²) in [5, 5.41) is 10.5. The third-order valence-electron chi connectivity index (χ3n) is 1.55. The minimum absolute atomic E-state index is 0.144. The van der Waals surface area contributed by atoms with E-state index in [1.165, 1.54) is 16.8 Å². The van der Waals surface area contributed by atoms with Crippen LogP contribution >= 0.6 is 0 Å². The summed E-state index contributed by atoms with van der Waals surface area (Å²) < 4.78 is 1.23. The molecule has 0 aliphatic rings. The molecule has 0 aliphatic heterocycles. The van der Waals surface area contributed by atoms with Gasteiger partial charge in [0.15, 0.2) is 0 Å². The molecule has 2 aromatic rings. The van der Waals surface area contributed by atoms with E-state index in [0.29, 0.717) is 5.69 Å². The minimum Gasteiger partial charge on any atom is -0.395 e. The SMILES string of the molecule is Nc1cnc2ncc([N+](=O)[O-])n2c1. The van der Waals surface area contributed by atoms with Gasteiger partial charge in [-0.2, -0.15) is 14.4 Å². The zero-order valence-electron chi connectivity index (χ0n) is 6.41. The highest BCUT2D eigenvalue weighted by Crippen LogP contribution is 2.13. The molecule has 0 atom stereocenters. The molecule has 0 fully saturated rings. The zero-order valence-corrected chi connectivity index (χ0v) is 6.41. The summed E-state index contributed by atoms with van der Waals surface area (Å²) in [6.07, 6.45) is 3.95. The smallest absolute Gasteiger partial charge is 0.349 e. The largest absolute Gasteiger partial charge is 0.395 e. The topological polar surface area (TPSA) is 99.3 Å². The maximum atomic E-state index is 10.5. The molecule has 7 heteroatoms. The predicted octanol–water partition coefficient (Wildman–Crippen LogP) is 0.220. The average Bonchev–Trinajstić information content (AvgIpc) is 2.46. The number of nitrogen functional groups attached to an aromatic ring is 1. The Labute approximate surface area is 72.0 Å². The number of anilines is 1. The third kappa shape index (κ3) is 1.06. The summed E-state index contributed by atoms with van der Waals surface area (Å²) in [5.74, 6) is 0.121. The van der Waals surface area contributed by atoms with E-state index >= 15 is 0 Å². The van der Waals surface area contributed by atoms with Crippen LogP contribution in [-0.2, 0) is 0 Å². The Kier molecular flexibility index (Phi) is 1.38. The summed E-state index contributed by atoms with van der Waals surface area (Å²) >= 11 is 0. The lowest BCUT2D eigenvalue weighted by molar-refractivity contribution is -0.390. The fraction of sp³-hybridized carbons (Fsp3) is 0. The van der Waals surface area contributed by atoms with Crippen LogP contribution in [0, 0.1) is 10.1 Å². The van der Waals surface area contributed by atoms with E-state index < -0.39 is 4.92 Å². The number of nitrogens with zero attached hydrogens (tertiary/aromatic N) is 4. The Morgan fingerprint density at radius 1 is 1.46 bits per heavy atom. The molecule has 2 N–H and O–H groups in total. The first-order chi connectivity index (χ1) is 6.18. The Hall–Kier alpha value is -2.18. The predicted molar refractivity (Wildman–Crippen MR) is 44.1 cm³/mol. The van der Waals surface area contributed by atoms with Crippen molar-refractivity contribution in [2.75, 3.05) is 5.73 Å². The summed E-state index contributed by atoms with van der Waals surface area (Å²) in [5.41, 5.74) is 5.77. The fourth-order valence-electron chi connectivity index (χ4n) is 1.01. The highest BCUT2D eigenvalue weighted by Gasteiger charge is 2.14. The highest BCUT2D eigenvalue weighted by molar-refractivity contribution is 5.44. The van der Waals surface area contributed by atoms with E-state index in [9.17, 15) is 10.1 Å². The summed E-state index contributed by atoms with van der Waals surface area (Å²) in [6, 6.07) is 0. The molecule has 2 heterocycles. The number of nitrogens with two attached hydrogens (primary N) is 1. The van der Waals surface area contributed by atoms with E-state index in [-0.39, 0.29) is 11.6 Å². The van der Waals surface area contributed by atoms with Crippen molar-refractivity contribution in [3.05, 3.63) is 28.7 Å². The standard InChI is InChI=1S/C6H5N5O2/c7-4-1-8-6-9-2-5(11(12)13)10(6)3-4/h1-3H,7H2. The first kappa shape index (κ1) is 7.47. The van der Waals surface area contributed by atoms with E-state index in [1.54, 1.807) is 0 Å². The van der Waals surface area contributed by atoms with Crippen molar-refractivity contribution in [3.8, 4) is 0 Å². The van der Waals surface area contributed by atoms with Gasteiger partial charge in [-0.05, 0) is 4.92 Å². The number of imidazole rings is 1. The van der Waals surface area contributed by atoms with Gasteiger partial charge in [0.05, 0.1) is 11.9 Å². The summed E-state index contributed by atoms with van der Waals surface area (Å²) in [7, 11) is 0. The molecule has 0 bridgehead atoms. The lowest BCUT2D eigenvalue weighted by atomic mass is 10.5. The van der Waals surface area contributed by atoms with Gasteiger partial charge in [0, 0.05) is 0 Å². The molecule has 7 nitrogen and oxygen atoms in total. The molecular formula is C6H5N5O2. The van der Waals surface area contributed by atoms with E-state index in [4.69, 9.17) is 5.73 Å². The maximum absolute atomic E-state index is 10.5. The van der Waals surface area contributed by atoms with Gasteiger partial charge in [-0.3, -0.25) is 0 Å². The first-order valence-corrected chi connectivity index (χ1v) is 3.41. The normalized spacial score (nSPS) is 10.5. The second-order valence-corrected chi connectivity index (χ2v) is 2.43. The molecule has 0 amide bonds. The molecular weight excluding hydrogens is 174 g/mol. The maximum Gasteiger partial charge on any atom is 0.349 e. The van der Waals surface area contributed by atoms with Gasteiger partial charge in [0.1, 0.15) is 12.4 Å². The first-order valence-electron chi connectivity index (χ1n) is 3.41. The molecule has 13 heavy (non-hydrogen) atoms. The Morgan fingerprint density at radius 2 is 2.15 bits per heavy atom. The quantitative estimate of drug-likeness (QED) is 0.498. The molecule has 0 saturated heterocycles. The molecule has 0 aliphatic carbocycles. The second kappa shape index (κ2) is 2.41. The van der Waals surface area contributed by atoms with Gasteiger partial charge in [-0.25, -0.2) is 0 Å². The van der Waals surface area contributed by atoms with Gasteiger partial charge >= 0.3 is 11.6 Å². The number of hydrogen-bond donors (Lipinski definition) is 1. The Morgan fingerprint density at radius 3 is 2.85 bits per heavy atom. The van der Waals surface area contributed by atoms with Crippen molar-refractivity contribution in [1.29, 1.82) is 0 Å². The Bertz CT molecular complexity index is 477. The number of fused-ring (bicyclic) bond motifs is 1. The Balaban J connectivity index is 2.79. The van der Waals surface area contributed by atoms with Crippen LogP contribution < -0.4 is 5.73 Å². The lowest BCUT2D eigenvalue weighted by Crippen LogP contribution is -1.97. The van der Waals surface area contributed by atoms with Crippen LogP contribution in [0.4, 0.5) is 11.5 Å². The van der Waals surface area contributed by atoms with Gasteiger partial charge < -0.3 is 15.8 Å². The number of aromatic nitrogens is 3. The summed E-state index contributed by atoms with van der Waals surface area (Å²) in [4.78, 5) is 17.5. The summed E-state index contributed by atoms with van der Waals surface area (Å²) in [6.45, 7) is 0. The van der Waals surface area contributed by atoms with Crippen LogP contribution in [0.3, 0.4) is 0 Å². The van der Waals surface area contributed by atoms with Crippen LogP contribution in [0.15, 0.2) is 18.6 Å². The molecule has 0 spiro atoms. The van der Waals surface area contributed by atoms with Crippen molar-refractivity contribution in [3.63, 3.8) is 0 Å². The molecule has 2 rings (SSSR count). The van der Waals surface area contributed by atoms with E-state index in [2.05, 4.69) is 9.97 Å². The minimum atomic E-state index is -0.541. The molecule has 2 aromatic heterocycles. The van der Waals surface area contributed by atoms with Crippen LogP contribution in [0.2, 0.25) is 0 Å². The molecule has 0 unspecified atom stereocenters. The molecule has 0 saturated carbocycles. The van der Waals surface area contributed by atoms with Crippen molar-refractivity contribution in [2.24, 2.45) is 0 Å². The third-order valence-corrected chi connectivity index (χ3v) is 1.55. The van der Waals surface area contributed by atoms with Crippen LogP contribution in [0.25, 0.3) is 5.78 Å². The lowest BCUT2D eigenvalue weighted by Gasteiger charge is -1.92. The van der Waals surface area contributed by atoms with Gasteiger partial charge in [0.2, 0.25) is 0 Å². The van der Waals surface area contributed by atoms with Crippen molar-refractivity contribution in [2.45, 2.75) is 0 Å². The molecule has 0 radical (unpaired) electrons. The van der Waals surface area contributed by atoms with Crippen LogP contribution in [0.1, 0.15) is 0 Å². The van der Waals surface area contributed by atoms with Gasteiger partial charge in [-0.15, -0.1) is 0 Å². The van der Waals surface area contributed by atoms with E-state index in [0.717, 1.165) is 6.20 Å². The fourth-order valence-corrected chi connectivity index (χ4v) is 1.01. The second-order valence-electron chi connectivity index (χ2n) is 2.43. The monoisotopic (exact) mass is 179 g/mol. The van der Waals surface area contributed by atoms with Crippen molar-refractivity contribution < 1.29 is 4.92 Å². The van der Waals surface area contributed by atoms with E-state index in [1.807, 2.05) is 0 Å². The molecule has 0 aromatic carbocycles. The van der Waals surface area contributed by atoms with Gasteiger partial charge in [0.25, 0.3) is 0 Å². The highest BCUT2D eigenvalue weighted by atomic mass is 16.6. The average molecular weight is 179 g/mol. The van der Waals surface area contributed by atoms with Crippen LogP contribution in [0.5, 0.6) is 0 Å². The zero-order chi connectivity index (χ0) is 9.42. The number of nitro groups is 1. The molecule has 66 valence electrons. The number of rotatable bonds is 1. The van der Waals surface area contributed by atoms with Crippen LogP contribution in [-0.4, -0.2) is 19.3 Å². The van der Waals surface area contributed by atoms with Crippen molar-refractivity contribution in [1.82, 2.24) is 14.4 Å². The number of hydrogen-bond acceptors (Lipinski definition) is 5.